The van der Waals surface area contributed by atoms with Gasteiger partial charge in [-0.1, -0.05) is 30.3 Å². The Balaban J connectivity index is 1.92. The fraction of sp³-hybridized carbons (Fsp3) is 0.458. The number of piperidine rings is 1. The van der Waals surface area contributed by atoms with E-state index in [1.165, 1.54) is 6.92 Å². The molecule has 1 fully saturated rings. The van der Waals surface area contributed by atoms with Crippen molar-refractivity contribution in [3.05, 3.63) is 70.8 Å². The molecule has 2 aromatic carbocycles. The Morgan fingerprint density at radius 2 is 1.61 bits per heavy atom. The minimum atomic E-state index is -5.00. The van der Waals surface area contributed by atoms with Crippen molar-refractivity contribution in [1.82, 2.24) is 10.0 Å². The van der Waals surface area contributed by atoms with Crippen LogP contribution in [-0.2, 0) is 37.4 Å². The Morgan fingerprint density at radius 3 is 2.03 bits per heavy atom. The van der Waals surface area contributed by atoms with Gasteiger partial charge in [-0.05, 0) is 49.1 Å². The fourth-order valence-electron chi connectivity index (χ4n) is 4.41. The van der Waals surface area contributed by atoms with Gasteiger partial charge < -0.3 is 15.8 Å². The van der Waals surface area contributed by atoms with Crippen LogP contribution in [0.25, 0.3) is 0 Å². The second-order valence-corrected chi connectivity index (χ2v) is 11.2. The summed E-state index contributed by atoms with van der Waals surface area (Å²) in [6, 6.07) is 9.90. The van der Waals surface area contributed by atoms with E-state index < -0.39 is 56.6 Å². The molecule has 0 spiro atoms. The molecule has 7 nitrogen and oxygen atoms in total. The molecule has 0 radical (unpaired) electrons. The third-order valence-electron chi connectivity index (χ3n) is 6.55. The van der Waals surface area contributed by atoms with Crippen LogP contribution in [0.15, 0.2) is 48.5 Å². The second-order valence-electron chi connectivity index (χ2n) is 9.41. The lowest BCUT2D eigenvalue weighted by molar-refractivity contribution is -0.143. The van der Waals surface area contributed by atoms with Crippen LogP contribution >= 0.6 is 0 Å². The highest BCUT2D eigenvalue weighted by Crippen LogP contribution is 2.39. The van der Waals surface area contributed by atoms with Crippen LogP contribution < -0.4 is 15.8 Å². The Bertz CT molecular complexity index is 1230. The fourth-order valence-corrected chi connectivity index (χ4v) is 5.40. The minimum Gasteiger partial charge on any atom is -0.372 e. The van der Waals surface area contributed by atoms with Crippen molar-refractivity contribution in [3.8, 4) is 0 Å². The van der Waals surface area contributed by atoms with Crippen molar-refractivity contribution < 1.29 is 44.3 Å². The van der Waals surface area contributed by atoms with E-state index in [1.54, 1.807) is 30.3 Å². The van der Waals surface area contributed by atoms with Gasteiger partial charge in [0.1, 0.15) is 5.54 Å². The van der Waals surface area contributed by atoms with Crippen LogP contribution in [0.2, 0.25) is 0 Å². The number of carbonyl (C=O) groups excluding carboxylic acids is 1. The molecule has 0 aromatic heterocycles. The van der Waals surface area contributed by atoms with Gasteiger partial charge in [0.05, 0.1) is 35.6 Å². The molecule has 210 valence electrons. The molecule has 38 heavy (non-hydrogen) atoms. The molecule has 0 bridgehead atoms. The van der Waals surface area contributed by atoms with E-state index in [0.29, 0.717) is 17.7 Å². The highest BCUT2D eigenvalue weighted by Gasteiger charge is 2.48. The highest BCUT2D eigenvalue weighted by atomic mass is 32.2. The molecule has 3 rings (SSSR count). The Kier molecular flexibility index (Phi) is 8.23. The Morgan fingerprint density at radius 1 is 1.05 bits per heavy atom. The summed E-state index contributed by atoms with van der Waals surface area (Å²) in [4.78, 5) is 12.2. The summed E-state index contributed by atoms with van der Waals surface area (Å²) in [5.74, 6) is -0.907. The lowest BCUT2D eigenvalue weighted by Gasteiger charge is -2.46. The third-order valence-corrected chi connectivity index (χ3v) is 7.31. The van der Waals surface area contributed by atoms with Gasteiger partial charge in [-0.3, -0.25) is 4.79 Å². The number of amides is 1. The first kappa shape index (κ1) is 29.9. The van der Waals surface area contributed by atoms with Gasteiger partial charge in [0.2, 0.25) is 15.9 Å². The zero-order valence-electron chi connectivity index (χ0n) is 20.4. The number of benzene rings is 2. The number of carbonyl (C=O) groups is 1. The zero-order chi connectivity index (χ0) is 28.6. The molecule has 1 heterocycles. The van der Waals surface area contributed by atoms with E-state index in [9.17, 15) is 39.6 Å². The predicted octanol–water partition coefficient (Wildman–Crippen LogP) is 3.85. The summed E-state index contributed by atoms with van der Waals surface area (Å²) >= 11 is 0. The van der Waals surface area contributed by atoms with Gasteiger partial charge in [-0.15, -0.1) is 0 Å². The van der Waals surface area contributed by atoms with Gasteiger partial charge >= 0.3 is 12.4 Å². The van der Waals surface area contributed by atoms with E-state index in [0.717, 1.165) is 6.26 Å². The molecular weight excluding hydrogens is 540 g/mol. The van der Waals surface area contributed by atoms with Crippen LogP contribution in [0.5, 0.6) is 0 Å². The molecule has 1 unspecified atom stereocenters. The SMILES string of the molecule is CC(OC[C@@]1(c2ccccc2)CC[C@@](NS(C)(=O)=O)(C(N)=O)CN1)c1cc(C(F)(F)F)cc(C(F)(F)F)c1. The van der Waals surface area contributed by atoms with Crippen LogP contribution in [0.4, 0.5) is 26.3 Å². The van der Waals surface area contributed by atoms with E-state index in [-0.39, 0.29) is 37.6 Å². The molecule has 3 atom stereocenters. The van der Waals surface area contributed by atoms with Crippen molar-refractivity contribution in [1.29, 1.82) is 0 Å². The van der Waals surface area contributed by atoms with Gasteiger partial charge in [-0.2, -0.15) is 31.1 Å². The van der Waals surface area contributed by atoms with Crippen molar-refractivity contribution >= 4 is 15.9 Å². The molecule has 1 amide bonds. The molecule has 0 aliphatic carbocycles. The normalized spacial score (nSPS) is 23.7. The maximum Gasteiger partial charge on any atom is 0.416 e. The summed E-state index contributed by atoms with van der Waals surface area (Å²) in [6.45, 7) is 0.878. The van der Waals surface area contributed by atoms with Crippen LogP contribution in [0.1, 0.15) is 48.1 Å². The predicted molar refractivity (Wildman–Crippen MR) is 126 cm³/mol. The number of rotatable bonds is 8. The number of ether oxygens (including phenoxy) is 1. The number of halogens is 6. The zero-order valence-corrected chi connectivity index (χ0v) is 21.2. The van der Waals surface area contributed by atoms with Gasteiger partial charge in [-0.25, -0.2) is 8.42 Å². The first-order valence-electron chi connectivity index (χ1n) is 11.4. The first-order valence-corrected chi connectivity index (χ1v) is 13.3. The average Bonchev–Trinajstić information content (AvgIpc) is 2.81. The summed E-state index contributed by atoms with van der Waals surface area (Å²) in [7, 11) is -3.83. The van der Waals surface area contributed by atoms with Crippen molar-refractivity contribution in [2.45, 2.75) is 49.3 Å². The summed E-state index contributed by atoms with van der Waals surface area (Å²) in [5, 5.41) is 3.11. The van der Waals surface area contributed by atoms with Gasteiger partial charge in [0, 0.05) is 6.54 Å². The van der Waals surface area contributed by atoms with Crippen LogP contribution in [0, 0.1) is 0 Å². The molecule has 1 aliphatic rings. The topological polar surface area (TPSA) is 111 Å². The summed E-state index contributed by atoms with van der Waals surface area (Å²) in [5.41, 5.74) is 0.246. The number of sulfonamides is 1. The smallest absolute Gasteiger partial charge is 0.372 e. The monoisotopic (exact) mass is 567 g/mol. The number of primary amides is 1. The number of alkyl halides is 6. The van der Waals surface area contributed by atoms with Gasteiger partial charge in [0.15, 0.2) is 0 Å². The number of hydrogen-bond donors (Lipinski definition) is 3. The maximum atomic E-state index is 13.3. The van der Waals surface area contributed by atoms with Crippen LogP contribution in [-0.4, -0.2) is 39.3 Å². The Labute approximate surface area is 215 Å². The van der Waals surface area contributed by atoms with Crippen molar-refractivity contribution in [2.75, 3.05) is 19.4 Å². The molecule has 1 aliphatic heterocycles. The summed E-state index contributed by atoms with van der Waals surface area (Å²) < 4.78 is 112. The molecular formula is C24H27F6N3O4S. The molecule has 1 saturated heterocycles. The van der Waals surface area contributed by atoms with E-state index in [4.69, 9.17) is 10.5 Å². The standard InChI is InChI=1S/C24H27F6N3O4S/c1-15(16-10-18(23(25,26)27)12-19(11-16)24(28,29)30)37-14-22(17-6-4-3-5-7-17)9-8-21(13-32-22,20(31)34)33-38(2,35)36/h3-7,10-12,15,32-33H,8-9,13-14H2,1-2H3,(H2,31,34)/t15?,21-,22+/m0/s1. The van der Waals surface area contributed by atoms with E-state index >= 15 is 0 Å². The minimum absolute atomic E-state index is 0.0442. The second kappa shape index (κ2) is 10.5. The molecule has 14 heteroatoms. The lowest BCUT2D eigenvalue weighted by Crippen LogP contribution is -2.69. The van der Waals surface area contributed by atoms with Crippen LogP contribution in [0.3, 0.4) is 0 Å². The highest BCUT2D eigenvalue weighted by molar-refractivity contribution is 7.88. The maximum absolute atomic E-state index is 13.3. The first-order chi connectivity index (χ1) is 17.4. The molecule has 2 aromatic rings. The number of hydrogen-bond acceptors (Lipinski definition) is 5. The third kappa shape index (κ3) is 6.84. The molecule has 4 N–H and O–H groups in total. The number of nitrogens with one attached hydrogen (secondary N) is 2. The Hall–Kier alpha value is -2.68. The largest absolute Gasteiger partial charge is 0.416 e. The average molecular weight is 568 g/mol. The van der Waals surface area contributed by atoms with Gasteiger partial charge in [0.25, 0.3) is 0 Å². The summed E-state index contributed by atoms with van der Waals surface area (Å²) in [6.07, 6.45) is -10.3. The number of nitrogens with two attached hydrogens (primary N) is 1. The van der Waals surface area contributed by atoms with E-state index in [1.807, 2.05) is 0 Å². The lowest BCUT2D eigenvalue weighted by atomic mass is 9.76. The van der Waals surface area contributed by atoms with E-state index in [2.05, 4.69) is 10.0 Å². The van der Waals surface area contributed by atoms with Crippen molar-refractivity contribution in [2.24, 2.45) is 5.73 Å². The van der Waals surface area contributed by atoms with Crippen molar-refractivity contribution in [3.63, 3.8) is 0 Å². The molecule has 0 saturated carbocycles. The quantitative estimate of drug-likeness (QED) is 0.420.